The minimum absolute atomic E-state index is 0.116. The summed E-state index contributed by atoms with van der Waals surface area (Å²) in [7, 11) is -8.61. The number of rotatable bonds is 14. The summed E-state index contributed by atoms with van der Waals surface area (Å²) in [5, 5.41) is 20.8. The third-order valence-corrected chi connectivity index (χ3v) is 15.2. The Hall–Kier alpha value is -1.61. The van der Waals surface area contributed by atoms with E-state index >= 15 is 0 Å². The summed E-state index contributed by atoms with van der Waals surface area (Å²) in [6, 6.07) is -3.32. The second-order valence-corrected chi connectivity index (χ2v) is 27.0. The van der Waals surface area contributed by atoms with Gasteiger partial charge in [0.05, 0.1) is 31.7 Å². The van der Waals surface area contributed by atoms with Gasteiger partial charge in [0.25, 0.3) is 5.91 Å². The Balaban J connectivity index is 3.66. The van der Waals surface area contributed by atoms with E-state index in [0.717, 1.165) is 0 Å². The van der Waals surface area contributed by atoms with E-state index in [2.05, 4.69) is 10.1 Å². The Morgan fingerprint density at radius 2 is 1.57 bits per heavy atom. The van der Waals surface area contributed by atoms with Gasteiger partial charge in [0.1, 0.15) is 11.6 Å². The zero-order chi connectivity index (χ0) is 34.3. The fraction of sp³-hybridized carbons (Fsp3) is 0.889. The van der Waals surface area contributed by atoms with Crippen molar-refractivity contribution in [3.63, 3.8) is 0 Å². The molecule has 14 nitrogen and oxygen atoms in total. The summed E-state index contributed by atoms with van der Waals surface area (Å²) in [4.78, 5) is 39.9. The molecule has 0 unspecified atom stereocenters. The molecule has 1 saturated heterocycles. The molecule has 1 aliphatic heterocycles. The van der Waals surface area contributed by atoms with E-state index in [1.807, 2.05) is 53.5 Å². The average molecular weight is 686 g/mol. The minimum Gasteiger partial charge on any atom is -0.480 e. The molecule has 4 N–H and O–H groups in total. The summed E-state index contributed by atoms with van der Waals surface area (Å²) in [6.07, 6.45) is -2.76. The van der Waals surface area contributed by atoms with Crippen molar-refractivity contribution in [2.24, 2.45) is 0 Å². The van der Waals surface area contributed by atoms with Crippen LogP contribution in [0.15, 0.2) is 0 Å². The van der Waals surface area contributed by atoms with Crippen molar-refractivity contribution in [2.75, 3.05) is 25.6 Å². The van der Waals surface area contributed by atoms with Crippen molar-refractivity contribution in [3.05, 3.63) is 0 Å². The molecule has 0 aromatic heterocycles. The monoisotopic (exact) mass is 685 g/mol. The number of hydrazine groups is 1. The molecule has 1 fully saturated rings. The maximum Gasteiger partial charge on any atom is 0.426 e. The molecular weight excluding hydrogens is 631 g/mol. The highest BCUT2D eigenvalue weighted by Gasteiger charge is 2.48. The molecule has 2 amide bonds. The summed E-state index contributed by atoms with van der Waals surface area (Å²) in [5.74, 6) is -3.05. The molecule has 44 heavy (non-hydrogen) atoms. The molecule has 17 heteroatoms. The number of amides is 2. The van der Waals surface area contributed by atoms with Gasteiger partial charge in [-0.25, -0.2) is 33.2 Å². The van der Waals surface area contributed by atoms with Crippen LogP contribution in [0.3, 0.4) is 0 Å². The summed E-state index contributed by atoms with van der Waals surface area (Å²) >= 11 is 0. The van der Waals surface area contributed by atoms with E-state index in [9.17, 15) is 33.0 Å². The molecule has 3 atom stereocenters. The highest BCUT2D eigenvalue weighted by atomic mass is 32.2. The number of carboxylic acid groups (broad SMARTS) is 1. The first kappa shape index (κ1) is 40.4. The summed E-state index contributed by atoms with van der Waals surface area (Å²) in [5.41, 5.74) is 1.19. The van der Waals surface area contributed by atoms with Crippen LogP contribution in [-0.4, -0.2) is 114 Å². The number of hydrogen-bond acceptors (Lipinski definition) is 10. The standard InChI is InChI=1S/C27H55N3O11SSi2/c1-26(2,3)40-25(35)28-30(23(32)19(18-31)29-42(36,37)15-16-43(7,8)9)22(24(33)34)20(17-21-38-13-12-14-39-21)41-44(10,11)27(4,5)6/h19-22,29,31H,12-18H2,1-11H3,(H,28,35)(H,33,34)/t19-,20+,22+/m1/s1. The Morgan fingerprint density at radius 1 is 1.02 bits per heavy atom. The zero-order valence-electron chi connectivity index (χ0n) is 28.2. The number of nitrogens with zero attached hydrogens (tertiary/aromatic N) is 1. The maximum atomic E-state index is 14.0. The SMILES string of the molecule is CC(C)(C)OC(=O)NN(C(=O)[C@@H](CO)NS(=O)(=O)CC[Si](C)(C)C)[C@H](C(=O)O)[C@H](CC1OCCCO1)O[Si](C)(C)C(C)(C)C. The molecule has 0 bridgehead atoms. The lowest BCUT2D eigenvalue weighted by Crippen LogP contribution is -2.66. The van der Waals surface area contributed by atoms with Gasteiger partial charge >= 0.3 is 12.1 Å². The smallest absolute Gasteiger partial charge is 0.426 e. The van der Waals surface area contributed by atoms with E-state index in [1.54, 1.807) is 20.8 Å². The van der Waals surface area contributed by atoms with Crippen LogP contribution >= 0.6 is 0 Å². The number of nitrogens with one attached hydrogen (secondary N) is 2. The van der Waals surface area contributed by atoms with Crippen LogP contribution in [0, 0.1) is 0 Å². The normalized spacial score (nSPS) is 17.8. The number of carbonyl (C=O) groups is 3. The Morgan fingerprint density at radius 3 is 2.00 bits per heavy atom. The molecule has 0 aliphatic carbocycles. The van der Waals surface area contributed by atoms with Crippen LogP contribution in [0.25, 0.3) is 0 Å². The highest BCUT2D eigenvalue weighted by molar-refractivity contribution is 7.89. The summed E-state index contributed by atoms with van der Waals surface area (Å²) in [6.45, 7) is 20.1. The number of carbonyl (C=O) groups excluding carboxylic acids is 2. The van der Waals surface area contributed by atoms with Crippen molar-refractivity contribution < 1.29 is 51.7 Å². The first-order valence-electron chi connectivity index (χ1n) is 14.9. The van der Waals surface area contributed by atoms with Crippen LogP contribution in [0.4, 0.5) is 4.79 Å². The number of carboxylic acids is 1. The molecule has 1 rings (SSSR count). The second kappa shape index (κ2) is 15.8. The first-order chi connectivity index (χ1) is 19.8. The van der Waals surface area contributed by atoms with Crippen LogP contribution in [0.5, 0.6) is 0 Å². The average Bonchev–Trinajstić information content (AvgIpc) is 2.83. The third kappa shape index (κ3) is 13.8. The lowest BCUT2D eigenvalue weighted by Gasteiger charge is -2.44. The van der Waals surface area contributed by atoms with Crippen LogP contribution in [0.1, 0.15) is 54.4 Å². The lowest BCUT2D eigenvalue weighted by atomic mass is 10.1. The topological polar surface area (TPSA) is 190 Å². The number of aliphatic hydroxyl groups excluding tert-OH is 1. The van der Waals surface area contributed by atoms with E-state index in [0.29, 0.717) is 30.7 Å². The quantitative estimate of drug-likeness (QED) is 0.155. The fourth-order valence-electron chi connectivity index (χ4n) is 3.81. The van der Waals surface area contributed by atoms with E-state index in [4.69, 9.17) is 18.6 Å². The number of aliphatic carboxylic acids is 1. The van der Waals surface area contributed by atoms with Gasteiger partial charge in [-0.05, 0) is 51.4 Å². The number of sulfonamides is 1. The second-order valence-electron chi connectivity index (χ2n) is 14.8. The highest BCUT2D eigenvalue weighted by Crippen LogP contribution is 2.39. The van der Waals surface area contributed by atoms with E-state index in [-0.39, 0.29) is 17.2 Å². The fourth-order valence-corrected chi connectivity index (χ4v) is 9.39. The molecule has 0 aromatic carbocycles. The number of ether oxygens (including phenoxy) is 3. The Kier molecular flexibility index (Phi) is 14.5. The predicted molar refractivity (Wildman–Crippen MR) is 171 cm³/mol. The van der Waals surface area contributed by atoms with Gasteiger partial charge in [-0.3, -0.25) is 4.79 Å². The number of aliphatic hydroxyl groups is 1. The number of hydrogen-bond donors (Lipinski definition) is 4. The predicted octanol–water partition coefficient (Wildman–Crippen LogP) is 2.87. The van der Waals surface area contributed by atoms with Crippen LogP contribution in [0.2, 0.25) is 43.8 Å². The minimum atomic E-state index is -4.08. The molecule has 0 spiro atoms. The van der Waals surface area contributed by atoms with E-state index in [1.165, 1.54) is 0 Å². The van der Waals surface area contributed by atoms with Crippen LogP contribution < -0.4 is 10.1 Å². The Labute approximate surface area is 264 Å². The van der Waals surface area contributed by atoms with Crippen LogP contribution in [-0.2, 0) is 38.2 Å². The van der Waals surface area contributed by atoms with Gasteiger partial charge in [-0.15, -0.1) is 0 Å². The van der Waals surface area contributed by atoms with Gasteiger partial charge in [-0.1, -0.05) is 40.4 Å². The van der Waals surface area contributed by atoms with Gasteiger partial charge < -0.3 is 28.8 Å². The molecule has 1 aliphatic rings. The van der Waals surface area contributed by atoms with Gasteiger partial charge in [-0.2, -0.15) is 0 Å². The first-order valence-corrected chi connectivity index (χ1v) is 23.1. The van der Waals surface area contributed by atoms with E-state index < -0.39 is 81.1 Å². The molecule has 1 heterocycles. The van der Waals surface area contributed by atoms with Gasteiger partial charge in [0.15, 0.2) is 20.6 Å². The van der Waals surface area contributed by atoms with Gasteiger partial charge in [0, 0.05) is 14.5 Å². The van der Waals surface area contributed by atoms with Crippen molar-refractivity contribution in [3.8, 4) is 0 Å². The van der Waals surface area contributed by atoms with Crippen molar-refractivity contribution in [1.82, 2.24) is 15.2 Å². The maximum absolute atomic E-state index is 14.0. The molecule has 0 saturated carbocycles. The largest absolute Gasteiger partial charge is 0.480 e. The zero-order valence-corrected chi connectivity index (χ0v) is 31.0. The van der Waals surface area contributed by atoms with Crippen molar-refractivity contribution >= 4 is 44.4 Å². The lowest BCUT2D eigenvalue weighted by molar-refractivity contribution is -0.196. The van der Waals surface area contributed by atoms with Crippen molar-refractivity contribution in [1.29, 1.82) is 0 Å². The molecule has 258 valence electrons. The summed E-state index contributed by atoms with van der Waals surface area (Å²) < 4.78 is 51.3. The Bertz CT molecular complexity index is 1080. The molecule has 0 radical (unpaired) electrons. The third-order valence-electron chi connectivity index (χ3n) is 7.23. The molecular formula is C27H55N3O11SSi2. The molecule has 0 aromatic rings. The van der Waals surface area contributed by atoms with Crippen molar-refractivity contribution in [2.45, 2.75) is 128 Å². The van der Waals surface area contributed by atoms with Gasteiger partial charge in [0.2, 0.25) is 10.0 Å².